The van der Waals surface area contributed by atoms with Gasteiger partial charge >= 0.3 is 0 Å². The number of nitrogens with zero attached hydrogens (tertiary/aromatic N) is 1. The summed E-state index contributed by atoms with van der Waals surface area (Å²) in [5.41, 5.74) is 5.21. The van der Waals surface area contributed by atoms with Crippen LogP contribution in [-0.2, 0) is 6.54 Å². The molecule has 26 heavy (non-hydrogen) atoms. The van der Waals surface area contributed by atoms with E-state index in [0.29, 0.717) is 12.6 Å². The topological polar surface area (TPSA) is 44.7 Å². The fourth-order valence-electron chi connectivity index (χ4n) is 3.50. The van der Waals surface area contributed by atoms with Crippen molar-refractivity contribution in [2.24, 2.45) is 0 Å². The van der Waals surface area contributed by atoms with Gasteiger partial charge in [0.15, 0.2) is 0 Å². The maximum absolute atomic E-state index is 8.82. The molecule has 0 amide bonds. The first kappa shape index (κ1) is 18.7. The van der Waals surface area contributed by atoms with Crippen molar-refractivity contribution >= 4 is 5.69 Å². The summed E-state index contributed by atoms with van der Waals surface area (Å²) in [5.74, 6) is 0.815. The molecule has 1 aliphatic rings. The van der Waals surface area contributed by atoms with Gasteiger partial charge in [-0.2, -0.15) is 0 Å². The first-order valence-corrected chi connectivity index (χ1v) is 9.53. The van der Waals surface area contributed by atoms with Crippen LogP contribution in [0.25, 0.3) is 0 Å². The predicted octanol–water partition coefficient (Wildman–Crippen LogP) is 3.75. The van der Waals surface area contributed by atoms with Crippen LogP contribution in [-0.4, -0.2) is 42.4 Å². The summed E-state index contributed by atoms with van der Waals surface area (Å²) >= 11 is 0. The Kier molecular flexibility index (Phi) is 6.53. The van der Waals surface area contributed by atoms with Gasteiger partial charge < -0.3 is 15.2 Å². The Morgan fingerprint density at radius 3 is 2.65 bits per heavy atom. The first-order chi connectivity index (χ1) is 12.6. The number of aliphatic hydroxyl groups excluding tert-OH is 1. The number of rotatable bonds is 7. The molecule has 4 nitrogen and oxygen atoms in total. The molecule has 140 valence electrons. The van der Waals surface area contributed by atoms with Crippen molar-refractivity contribution in [3.05, 3.63) is 59.2 Å². The van der Waals surface area contributed by atoms with E-state index in [1.807, 2.05) is 12.1 Å². The lowest BCUT2D eigenvalue weighted by Crippen LogP contribution is -2.41. The molecule has 0 radical (unpaired) electrons. The predicted molar refractivity (Wildman–Crippen MR) is 107 cm³/mol. The summed E-state index contributed by atoms with van der Waals surface area (Å²) < 4.78 is 5.43. The molecule has 1 saturated heterocycles. The number of likely N-dealkylation sites (tertiary alicyclic amines) is 1. The molecule has 0 spiro atoms. The summed E-state index contributed by atoms with van der Waals surface area (Å²) in [4.78, 5) is 2.52. The van der Waals surface area contributed by atoms with Gasteiger partial charge in [-0.1, -0.05) is 18.2 Å². The van der Waals surface area contributed by atoms with Gasteiger partial charge in [-0.15, -0.1) is 0 Å². The maximum Gasteiger partial charge on any atom is 0.119 e. The minimum absolute atomic E-state index is 0.0461. The van der Waals surface area contributed by atoms with Gasteiger partial charge in [0.25, 0.3) is 0 Å². The van der Waals surface area contributed by atoms with Crippen molar-refractivity contribution in [3.8, 4) is 5.75 Å². The molecule has 0 aromatic heterocycles. The lowest BCUT2D eigenvalue weighted by atomic mass is 10.0. The molecule has 0 aliphatic carbocycles. The van der Waals surface area contributed by atoms with Crippen molar-refractivity contribution in [3.63, 3.8) is 0 Å². The van der Waals surface area contributed by atoms with Gasteiger partial charge in [-0.3, -0.25) is 4.90 Å². The SMILES string of the molecule is Cc1ccc(NC2CCCN(Cc3ccc(OCCO)cc3)C2)cc1C. The van der Waals surface area contributed by atoms with Crippen LogP contribution in [0.1, 0.15) is 29.5 Å². The molecular weight excluding hydrogens is 324 g/mol. The Balaban J connectivity index is 1.53. The Morgan fingerprint density at radius 2 is 1.92 bits per heavy atom. The summed E-state index contributed by atoms with van der Waals surface area (Å²) in [5, 5.41) is 12.5. The second-order valence-electron chi connectivity index (χ2n) is 7.23. The molecular formula is C22H30N2O2. The van der Waals surface area contributed by atoms with Gasteiger partial charge in [0.05, 0.1) is 6.61 Å². The third kappa shape index (κ3) is 5.23. The van der Waals surface area contributed by atoms with Crippen molar-refractivity contribution in [1.82, 2.24) is 4.90 Å². The average molecular weight is 354 g/mol. The first-order valence-electron chi connectivity index (χ1n) is 9.53. The Labute approximate surface area is 156 Å². The van der Waals surface area contributed by atoms with Crippen molar-refractivity contribution < 1.29 is 9.84 Å². The van der Waals surface area contributed by atoms with E-state index in [0.717, 1.165) is 25.4 Å². The van der Waals surface area contributed by atoms with Crippen LogP contribution in [0.5, 0.6) is 5.75 Å². The summed E-state index contributed by atoms with van der Waals surface area (Å²) in [6.45, 7) is 7.89. The molecule has 1 heterocycles. The van der Waals surface area contributed by atoms with E-state index < -0.39 is 0 Å². The zero-order chi connectivity index (χ0) is 18.4. The van der Waals surface area contributed by atoms with E-state index in [9.17, 15) is 0 Å². The fourth-order valence-corrected chi connectivity index (χ4v) is 3.50. The Bertz CT molecular complexity index is 700. The third-order valence-corrected chi connectivity index (χ3v) is 5.07. The Morgan fingerprint density at radius 1 is 1.12 bits per heavy atom. The molecule has 2 aromatic carbocycles. The van der Waals surface area contributed by atoms with E-state index in [4.69, 9.17) is 9.84 Å². The van der Waals surface area contributed by atoms with Crippen molar-refractivity contribution in [2.45, 2.75) is 39.3 Å². The summed E-state index contributed by atoms with van der Waals surface area (Å²) in [6.07, 6.45) is 2.44. The van der Waals surface area contributed by atoms with Gasteiger partial charge in [0.2, 0.25) is 0 Å². The van der Waals surface area contributed by atoms with Crippen molar-refractivity contribution in [1.29, 1.82) is 0 Å². The normalized spacial score (nSPS) is 17.9. The Hall–Kier alpha value is -2.04. The molecule has 2 aromatic rings. The number of aliphatic hydroxyl groups is 1. The van der Waals surface area contributed by atoms with E-state index in [-0.39, 0.29) is 6.61 Å². The van der Waals surface area contributed by atoms with Crippen LogP contribution in [0.15, 0.2) is 42.5 Å². The highest BCUT2D eigenvalue weighted by Gasteiger charge is 2.20. The molecule has 3 rings (SSSR count). The zero-order valence-corrected chi connectivity index (χ0v) is 15.9. The fraction of sp³-hybridized carbons (Fsp3) is 0.455. The number of piperidine rings is 1. The monoisotopic (exact) mass is 354 g/mol. The van der Waals surface area contributed by atoms with Crippen LogP contribution in [0.4, 0.5) is 5.69 Å². The lowest BCUT2D eigenvalue weighted by Gasteiger charge is -2.33. The van der Waals surface area contributed by atoms with Gasteiger partial charge in [-0.25, -0.2) is 0 Å². The molecule has 0 saturated carbocycles. The van der Waals surface area contributed by atoms with E-state index >= 15 is 0 Å². The van der Waals surface area contributed by atoms with Crippen LogP contribution >= 0.6 is 0 Å². The lowest BCUT2D eigenvalue weighted by molar-refractivity contribution is 0.200. The number of anilines is 1. The number of hydrogen-bond donors (Lipinski definition) is 2. The second-order valence-corrected chi connectivity index (χ2v) is 7.23. The maximum atomic E-state index is 8.82. The second kappa shape index (κ2) is 9.06. The molecule has 0 bridgehead atoms. The zero-order valence-electron chi connectivity index (χ0n) is 15.9. The highest BCUT2D eigenvalue weighted by Crippen LogP contribution is 2.21. The van der Waals surface area contributed by atoms with Crippen LogP contribution in [0, 0.1) is 13.8 Å². The van der Waals surface area contributed by atoms with Crippen LogP contribution < -0.4 is 10.1 Å². The average Bonchev–Trinajstić information content (AvgIpc) is 2.65. The molecule has 1 atom stereocenters. The molecule has 1 aliphatic heterocycles. The summed E-state index contributed by atoms with van der Waals surface area (Å²) in [6, 6.07) is 15.3. The number of hydrogen-bond acceptors (Lipinski definition) is 4. The van der Waals surface area contributed by atoms with Gasteiger partial charge in [0.1, 0.15) is 12.4 Å². The largest absolute Gasteiger partial charge is 0.491 e. The number of benzene rings is 2. The minimum Gasteiger partial charge on any atom is -0.491 e. The van der Waals surface area contributed by atoms with Crippen LogP contribution in [0.3, 0.4) is 0 Å². The quantitative estimate of drug-likeness (QED) is 0.795. The summed E-state index contributed by atoms with van der Waals surface area (Å²) in [7, 11) is 0. The number of nitrogens with one attached hydrogen (secondary N) is 1. The molecule has 4 heteroatoms. The number of ether oxygens (including phenoxy) is 1. The smallest absolute Gasteiger partial charge is 0.119 e. The third-order valence-electron chi connectivity index (χ3n) is 5.07. The van der Waals surface area contributed by atoms with Gasteiger partial charge in [0, 0.05) is 24.8 Å². The van der Waals surface area contributed by atoms with E-state index in [1.165, 1.54) is 35.2 Å². The molecule has 1 fully saturated rings. The van der Waals surface area contributed by atoms with Crippen molar-refractivity contribution in [2.75, 3.05) is 31.6 Å². The van der Waals surface area contributed by atoms with Gasteiger partial charge in [-0.05, 0) is 74.2 Å². The highest BCUT2D eigenvalue weighted by molar-refractivity contribution is 5.48. The van der Waals surface area contributed by atoms with E-state index in [2.05, 4.69) is 54.4 Å². The van der Waals surface area contributed by atoms with Crippen LogP contribution in [0.2, 0.25) is 0 Å². The van der Waals surface area contributed by atoms with E-state index in [1.54, 1.807) is 0 Å². The molecule has 2 N–H and O–H groups in total. The standard InChI is InChI=1S/C22H30N2O2/c1-17-5-8-20(14-18(17)2)23-21-4-3-11-24(16-21)15-19-6-9-22(10-7-19)26-13-12-25/h5-10,14,21,23,25H,3-4,11-13,15-16H2,1-2H3. The molecule has 1 unspecified atom stereocenters. The highest BCUT2D eigenvalue weighted by atomic mass is 16.5. The minimum atomic E-state index is 0.0461. The number of aryl methyl sites for hydroxylation is 2.